The van der Waals surface area contributed by atoms with Crippen LogP contribution in [-0.4, -0.2) is 27.7 Å². The van der Waals surface area contributed by atoms with Gasteiger partial charge in [-0.3, -0.25) is 4.98 Å². The van der Waals surface area contributed by atoms with Gasteiger partial charge in [0.1, 0.15) is 11.5 Å². The lowest BCUT2D eigenvalue weighted by Gasteiger charge is -2.28. The Labute approximate surface area is 250 Å². The fourth-order valence-electron chi connectivity index (χ4n) is 5.60. The molecule has 6 rings (SSSR count). The highest BCUT2D eigenvalue weighted by Crippen LogP contribution is 2.44. The Morgan fingerprint density at radius 1 is 0.857 bits per heavy atom. The number of carbonyl (C=O) groups is 1. The van der Waals surface area contributed by atoms with Crippen LogP contribution >= 0.6 is 12.2 Å². The number of aryl methyl sites for hydroxylation is 1. The van der Waals surface area contributed by atoms with Crippen molar-refractivity contribution in [1.82, 2.24) is 14.9 Å². The number of carbonyl (C=O) groups excluding carboxylic acids is 1. The Bertz CT molecular complexity index is 1720. The molecule has 0 radical (unpaired) electrons. The number of ether oxygens (including phenoxy) is 2. The van der Waals surface area contributed by atoms with Crippen LogP contribution in [0.15, 0.2) is 109 Å². The van der Waals surface area contributed by atoms with Crippen LogP contribution in [-0.2, 0) is 4.74 Å². The highest BCUT2D eigenvalue weighted by Gasteiger charge is 2.42. The average Bonchev–Trinajstić information content (AvgIpc) is 3.52. The lowest BCUT2D eigenvalue weighted by atomic mass is 9.96. The van der Waals surface area contributed by atoms with E-state index in [9.17, 15) is 4.79 Å². The van der Waals surface area contributed by atoms with Crippen molar-refractivity contribution in [3.05, 3.63) is 138 Å². The molecule has 1 N–H and O–H groups in total. The smallest absolute Gasteiger partial charge is 0.337 e. The van der Waals surface area contributed by atoms with Crippen molar-refractivity contribution < 1.29 is 14.3 Å². The first kappa shape index (κ1) is 27.2. The largest absolute Gasteiger partial charge is 0.465 e. The molecular formula is C34H30N4O3S. The summed E-state index contributed by atoms with van der Waals surface area (Å²) < 4.78 is 13.1. The third-order valence-electron chi connectivity index (χ3n) is 7.53. The SMILES string of the molecule is COC(=O)c1ccc(-n2c(C)cc([C@@H]3[C@H](c4ccccn4)NC(=S)N3c3ccc(Oc4ccccc4)cc3)c2C)cc1. The molecular weight excluding hydrogens is 544 g/mol. The van der Waals surface area contributed by atoms with Crippen LogP contribution in [0.25, 0.3) is 5.69 Å². The van der Waals surface area contributed by atoms with Crippen LogP contribution < -0.4 is 15.0 Å². The number of para-hydroxylation sites is 1. The van der Waals surface area contributed by atoms with E-state index in [1.165, 1.54) is 7.11 Å². The van der Waals surface area contributed by atoms with E-state index in [0.29, 0.717) is 10.7 Å². The summed E-state index contributed by atoms with van der Waals surface area (Å²) in [5.41, 5.74) is 6.59. The number of nitrogens with zero attached hydrogens (tertiary/aromatic N) is 3. The van der Waals surface area contributed by atoms with E-state index < -0.39 is 0 Å². The van der Waals surface area contributed by atoms with Gasteiger partial charge in [0.15, 0.2) is 5.11 Å². The molecule has 3 aromatic carbocycles. The number of methoxy groups -OCH3 is 1. The molecule has 0 saturated carbocycles. The molecule has 0 bridgehead atoms. The Morgan fingerprint density at radius 2 is 1.52 bits per heavy atom. The maximum Gasteiger partial charge on any atom is 0.337 e. The number of hydrogen-bond donors (Lipinski definition) is 1. The molecule has 3 heterocycles. The summed E-state index contributed by atoms with van der Waals surface area (Å²) in [6.45, 7) is 4.20. The first-order chi connectivity index (χ1) is 20.4. The lowest BCUT2D eigenvalue weighted by Crippen LogP contribution is -2.29. The summed E-state index contributed by atoms with van der Waals surface area (Å²) in [6.07, 6.45) is 1.81. The highest BCUT2D eigenvalue weighted by molar-refractivity contribution is 7.80. The van der Waals surface area contributed by atoms with E-state index in [1.54, 1.807) is 12.1 Å². The van der Waals surface area contributed by atoms with Gasteiger partial charge in [-0.1, -0.05) is 24.3 Å². The molecule has 2 aromatic heterocycles. The normalized spacial score (nSPS) is 16.3. The topological polar surface area (TPSA) is 68.6 Å². The monoisotopic (exact) mass is 574 g/mol. The van der Waals surface area contributed by atoms with Gasteiger partial charge in [-0.25, -0.2) is 4.79 Å². The maximum atomic E-state index is 12.0. The van der Waals surface area contributed by atoms with Gasteiger partial charge in [0.05, 0.1) is 30.5 Å². The summed E-state index contributed by atoms with van der Waals surface area (Å²) in [7, 11) is 1.39. The Kier molecular flexibility index (Phi) is 7.46. The fraction of sp³-hybridized carbons (Fsp3) is 0.147. The lowest BCUT2D eigenvalue weighted by molar-refractivity contribution is 0.0600. The number of benzene rings is 3. The summed E-state index contributed by atoms with van der Waals surface area (Å²) in [5.74, 6) is 1.17. The van der Waals surface area contributed by atoms with Crippen LogP contribution in [0.4, 0.5) is 5.69 Å². The molecule has 0 unspecified atom stereocenters. The van der Waals surface area contributed by atoms with Gasteiger partial charge < -0.3 is 24.3 Å². The van der Waals surface area contributed by atoms with Crippen LogP contribution in [0.1, 0.15) is 45.1 Å². The van der Waals surface area contributed by atoms with Crippen LogP contribution in [0.3, 0.4) is 0 Å². The predicted octanol–water partition coefficient (Wildman–Crippen LogP) is 7.25. The first-order valence-corrected chi connectivity index (χ1v) is 14.1. The minimum atomic E-state index is -0.359. The van der Waals surface area contributed by atoms with Crippen molar-refractivity contribution >= 4 is 29.0 Å². The standard InChI is InChI=1S/C34H30N4O3S/c1-22-21-29(23(2)37(22)25-14-12-24(13-15-25)33(39)40-3)32-31(30-11-7-8-20-35-30)36-34(42)38(32)26-16-18-28(19-17-26)41-27-9-5-4-6-10-27/h4-21,31-32H,1-3H3,(H,36,42)/t31-,32+/m0/s1. The number of anilines is 1. The van der Waals surface area contributed by atoms with Crippen molar-refractivity contribution in [3.63, 3.8) is 0 Å². The summed E-state index contributed by atoms with van der Waals surface area (Å²) in [4.78, 5) is 18.8. The number of hydrogen-bond acceptors (Lipinski definition) is 5. The molecule has 42 heavy (non-hydrogen) atoms. The zero-order chi connectivity index (χ0) is 29.2. The minimum Gasteiger partial charge on any atom is -0.465 e. The van der Waals surface area contributed by atoms with Gasteiger partial charge in [0.25, 0.3) is 0 Å². The second-order valence-electron chi connectivity index (χ2n) is 10.1. The van der Waals surface area contributed by atoms with Gasteiger partial charge in [0, 0.05) is 29.0 Å². The van der Waals surface area contributed by atoms with Gasteiger partial charge in [-0.05, 0) is 110 Å². The third kappa shape index (κ3) is 5.12. The summed E-state index contributed by atoms with van der Waals surface area (Å²) in [6, 6.07) is 33.0. The van der Waals surface area contributed by atoms with Crippen LogP contribution in [0, 0.1) is 13.8 Å². The maximum absolute atomic E-state index is 12.0. The van der Waals surface area contributed by atoms with Crippen molar-refractivity contribution in [2.24, 2.45) is 0 Å². The van der Waals surface area contributed by atoms with Gasteiger partial charge >= 0.3 is 5.97 Å². The van der Waals surface area contributed by atoms with Crippen molar-refractivity contribution in [3.8, 4) is 17.2 Å². The number of rotatable bonds is 7. The summed E-state index contributed by atoms with van der Waals surface area (Å²) in [5, 5.41) is 4.17. The van der Waals surface area contributed by atoms with Crippen molar-refractivity contribution in [2.75, 3.05) is 12.0 Å². The molecule has 0 spiro atoms. The molecule has 7 nitrogen and oxygen atoms in total. The third-order valence-corrected chi connectivity index (χ3v) is 7.84. The molecule has 0 amide bonds. The molecule has 8 heteroatoms. The number of aromatic nitrogens is 2. The second-order valence-corrected chi connectivity index (χ2v) is 10.5. The van der Waals surface area contributed by atoms with E-state index in [4.69, 9.17) is 26.7 Å². The predicted molar refractivity (Wildman–Crippen MR) is 167 cm³/mol. The summed E-state index contributed by atoms with van der Waals surface area (Å²) >= 11 is 5.95. The molecule has 210 valence electrons. The van der Waals surface area contributed by atoms with Crippen molar-refractivity contribution in [2.45, 2.75) is 25.9 Å². The Morgan fingerprint density at radius 3 is 2.19 bits per heavy atom. The molecule has 1 fully saturated rings. The highest BCUT2D eigenvalue weighted by atomic mass is 32.1. The average molecular weight is 575 g/mol. The number of thiocarbonyl (C=S) groups is 1. The first-order valence-electron chi connectivity index (χ1n) is 13.7. The van der Waals surface area contributed by atoms with E-state index >= 15 is 0 Å². The number of esters is 1. The fourth-order valence-corrected chi connectivity index (χ4v) is 5.94. The quantitative estimate of drug-likeness (QED) is 0.162. The Hall–Kier alpha value is -4.95. The molecule has 1 saturated heterocycles. The molecule has 1 aliphatic rings. The van der Waals surface area contributed by atoms with Crippen LogP contribution in [0.2, 0.25) is 0 Å². The van der Waals surface area contributed by atoms with E-state index in [0.717, 1.165) is 45.5 Å². The van der Waals surface area contributed by atoms with E-state index in [-0.39, 0.29) is 18.1 Å². The molecule has 0 aliphatic carbocycles. The second kappa shape index (κ2) is 11.5. The molecule has 2 atom stereocenters. The zero-order valence-corrected chi connectivity index (χ0v) is 24.3. The van der Waals surface area contributed by atoms with Crippen LogP contribution in [0.5, 0.6) is 11.5 Å². The molecule has 5 aromatic rings. The number of pyridine rings is 1. The minimum absolute atomic E-state index is 0.164. The van der Waals surface area contributed by atoms with E-state index in [1.807, 2.05) is 91.1 Å². The van der Waals surface area contributed by atoms with Gasteiger partial charge in [-0.15, -0.1) is 0 Å². The van der Waals surface area contributed by atoms with Gasteiger partial charge in [0.2, 0.25) is 0 Å². The van der Waals surface area contributed by atoms with Crippen molar-refractivity contribution in [1.29, 1.82) is 0 Å². The van der Waals surface area contributed by atoms with Gasteiger partial charge in [-0.2, -0.15) is 0 Å². The zero-order valence-electron chi connectivity index (χ0n) is 23.5. The molecule has 1 aliphatic heterocycles. The van der Waals surface area contributed by atoms with E-state index in [2.05, 4.69) is 34.7 Å². The number of nitrogens with one attached hydrogen (secondary N) is 1. The Balaban J connectivity index is 1.40.